The predicted molar refractivity (Wildman–Crippen MR) is 55.3 cm³/mol. The number of rotatable bonds is 4. The van der Waals surface area contributed by atoms with E-state index in [1.54, 1.807) is 24.3 Å². The van der Waals surface area contributed by atoms with Gasteiger partial charge in [0.25, 0.3) is 0 Å². The van der Waals surface area contributed by atoms with E-state index in [1.807, 2.05) is 6.07 Å². The number of para-hydroxylation sites is 1. The fourth-order valence-corrected chi connectivity index (χ4v) is 0.961. The molecule has 0 bridgehead atoms. The number of amides is 1. The summed E-state index contributed by atoms with van der Waals surface area (Å²) in [5.41, 5.74) is 0.663. The summed E-state index contributed by atoms with van der Waals surface area (Å²) >= 11 is 0. The number of quaternary nitrogens is 1. The topological polar surface area (TPSA) is 106 Å². The number of hydrogen-bond donors (Lipinski definition) is 2. The van der Waals surface area contributed by atoms with Gasteiger partial charge >= 0.3 is 0 Å². The van der Waals surface area contributed by atoms with Gasteiger partial charge in [-0.05, 0) is 18.6 Å². The van der Waals surface area contributed by atoms with Crippen molar-refractivity contribution in [1.29, 1.82) is 0 Å². The van der Waals surface area contributed by atoms with Gasteiger partial charge in [-0.1, -0.05) is 18.2 Å². The third kappa shape index (κ3) is 5.43. The van der Waals surface area contributed by atoms with Crippen molar-refractivity contribution in [3.63, 3.8) is 0 Å². The summed E-state index contributed by atoms with van der Waals surface area (Å²) in [7, 11) is 0. The lowest BCUT2D eigenvalue weighted by Gasteiger charge is -2.04. The lowest BCUT2D eigenvalue weighted by Crippen LogP contribution is -2.24. The molecule has 5 heteroatoms. The Morgan fingerprint density at radius 1 is 1.13 bits per heavy atom. The minimum Gasteiger partial charge on any atom is -0.550 e. The molecule has 15 heavy (non-hydrogen) atoms. The number of anilines is 1. The first kappa shape index (κ1) is 13.1. The quantitative estimate of drug-likeness (QED) is 0.756. The van der Waals surface area contributed by atoms with Crippen LogP contribution in [0, 0.1) is 0 Å². The smallest absolute Gasteiger partial charge is 0.224 e. The van der Waals surface area contributed by atoms with E-state index in [1.165, 1.54) is 0 Å². The van der Waals surface area contributed by atoms with Crippen LogP contribution in [0.3, 0.4) is 0 Å². The first-order chi connectivity index (χ1) is 6.68. The fourth-order valence-electron chi connectivity index (χ4n) is 0.961. The highest BCUT2D eigenvalue weighted by Crippen LogP contribution is 2.05. The summed E-state index contributed by atoms with van der Waals surface area (Å²) in [6.45, 7) is 0. The van der Waals surface area contributed by atoms with Crippen molar-refractivity contribution in [1.82, 2.24) is 6.15 Å². The highest BCUT2D eigenvalue weighted by molar-refractivity contribution is 5.92. The Labute approximate surface area is 87.7 Å². The Bertz CT molecular complexity index is 325. The van der Waals surface area contributed by atoms with Crippen molar-refractivity contribution in [2.75, 3.05) is 5.32 Å². The van der Waals surface area contributed by atoms with Crippen LogP contribution >= 0.6 is 0 Å². The summed E-state index contributed by atoms with van der Waals surface area (Å²) in [6.07, 6.45) is -0.310. The molecule has 0 aliphatic rings. The Morgan fingerprint density at radius 3 is 2.27 bits per heavy atom. The van der Waals surface area contributed by atoms with E-state index in [0.717, 1.165) is 0 Å². The molecule has 5 nitrogen and oxygen atoms in total. The lowest BCUT2D eigenvalue weighted by molar-refractivity contribution is -0.305. The van der Waals surface area contributed by atoms with Gasteiger partial charge < -0.3 is 21.4 Å². The average Bonchev–Trinajstić information content (AvgIpc) is 2.16. The molecule has 1 aromatic rings. The number of aliphatic carboxylic acids is 1. The molecule has 0 fully saturated rings. The van der Waals surface area contributed by atoms with Crippen LogP contribution in [-0.4, -0.2) is 11.9 Å². The van der Waals surface area contributed by atoms with Gasteiger partial charge in [-0.25, -0.2) is 0 Å². The molecule has 1 rings (SSSR count). The molecule has 0 radical (unpaired) electrons. The van der Waals surface area contributed by atoms with Crippen LogP contribution in [0.5, 0.6) is 0 Å². The summed E-state index contributed by atoms with van der Waals surface area (Å²) < 4.78 is 0. The highest BCUT2D eigenvalue weighted by atomic mass is 16.4. The number of benzene rings is 1. The molecule has 0 unspecified atom stereocenters. The van der Waals surface area contributed by atoms with Gasteiger partial charge in [-0.15, -0.1) is 0 Å². The molecule has 1 aromatic carbocycles. The van der Waals surface area contributed by atoms with Gasteiger partial charge in [0.2, 0.25) is 5.91 Å². The zero-order chi connectivity index (χ0) is 10.4. The van der Waals surface area contributed by atoms with Gasteiger partial charge in [-0.3, -0.25) is 4.79 Å². The first-order valence-electron chi connectivity index (χ1n) is 4.23. The number of carboxylic acids is 1. The van der Waals surface area contributed by atoms with E-state index in [-0.39, 0.29) is 24.9 Å². The van der Waals surface area contributed by atoms with E-state index in [0.29, 0.717) is 5.69 Å². The summed E-state index contributed by atoms with van der Waals surface area (Å²) in [6, 6.07) is 8.87. The molecule has 1 amide bonds. The number of nitrogens with one attached hydrogen (secondary N) is 1. The normalized spacial score (nSPS) is 8.80. The molecule has 82 valence electrons. The number of carbonyl (C=O) groups excluding carboxylic acids is 2. The van der Waals surface area contributed by atoms with Gasteiger partial charge in [-0.2, -0.15) is 0 Å². The van der Waals surface area contributed by atoms with Crippen LogP contribution in [-0.2, 0) is 9.59 Å². The standard InChI is InChI=1S/C10H11NO3.H3N/c12-9(6-7-10(13)14)11-8-4-2-1-3-5-8;/h1-5H,6-7H2,(H,11,12)(H,13,14);1H3. The maximum absolute atomic E-state index is 11.1. The second-order valence-electron chi connectivity index (χ2n) is 2.79. The van der Waals surface area contributed by atoms with Gasteiger partial charge in [0, 0.05) is 18.1 Å². The van der Waals surface area contributed by atoms with Gasteiger partial charge in [0.1, 0.15) is 0 Å². The summed E-state index contributed by atoms with van der Waals surface area (Å²) in [5, 5.41) is 12.6. The second-order valence-corrected chi connectivity index (χ2v) is 2.79. The first-order valence-corrected chi connectivity index (χ1v) is 4.23. The van der Waals surface area contributed by atoms with E-state index < -0.39 is 5.97 Å². The van der Waals surface area contributed by atoms with E-state index in [9.17, 15) is 14.7 Å². The molecule has 0 aliphatic heterocycles. The molecule has 0 saturated heterocycles. The maximum Gasteiger partial charge on any atom is 0.224 e. The Kier molecular flexibility index (Phi) is 5.73. The number of hydrogen-bond acceptors (Lipinski definition) is 3. The summed E-state index contributed by atoms with van der Waals surface area (Å²) in [4.78, 5) is 21.2. The van der Waals surface area contributed by atoms with Crippen LogP contribution in [0.2, 0.25) is 0 Å². The Balaban J connectivity index is 0.00000196. The van der Waals surface area contributed by atoms with Crippen LogP contribution in [0.25, 0.3) is 0 Å². The number of carboxylic acid groups (broad SMARTS) is 1. The molecule has 0 heterocycles. The van der Waals surface area contributed by atoms with Crippen molar-refractivity contribution in [3.05, 3.63) is 30.3 Å². The molecule has 0 atom stereocenters. The largest absolute Gasteiger partial charge is 0.550 e. The molecule has 0 spiro atoms. The average molecular weight is 210 g/mol. The Morgan fingerprint density at radius 2 is 1.73 bits per heavy atom. The minimum absolute atomic E-state index is 0. The fraction of sp³-hybridized carbons (Fsp3) is 0.200. The molecule has 0 saturated carbocycles. The minimum atomic E-state index is -1.21. The molecule has 5 N–H and O–H groups in total. The van der Waals surface area contributed by atoms with Gasteiger partial charge in [0.15, 0.2) is 0 Å². The SMILES string of the molecule is O=C([O-])CCC(=O)Nc1ccccc1.[NH4+]. The number of carbonyl (C=O) groups is 2. The third-order valence-electron chi connectivity index (χ3n) is 1.61. The zero-order valence-electron chi connectivity index (χ0n) is 8.53. The molecule has 0 aromatic heterocycles. The zero-order valence-corrected chi connectivity index (χ0v) is 8.53. The molecule has 0 aliphatic carbocycles. The van der Waals surface area contributed by atoms with E-state index >= 15 is 0 Å². The monoisotopic (exact) mass is 210 g/mol. The van der Waals surface area contributed by atoms with Crippen molar-refractivity contribution < 1.29 is 14.7 Å². The highest BCUT2D eigenvalue weighted by Gasteiger charge is 2.00. The van der Waals surface area contributed by atoms with Crippen molar-refractivity contribution in [2.45, 2.75) is 12.8 Å². The Hall–Kier alpha value is -1.88. The predicted octanol–water partition coefficient (Wildman–Crippen LogP) is 0.531. The van der Waals surface area contributed by atoms with Crippen LogP contribution in [0.15, 0.2) is 30.3 Å². The molecular formula is C10H14N2O3. The summed E-state index contributed by atoms with van der Waals surface area (Å²) in [5.74, 6) is -1.53. The lowest BCUT2D eigenvalue weighted by atomic mass is 10.2. The maximum atomic E-state index is 11.1. The van der Waals surface area contributed by atoms with Crippen molar-refractivity contribution in [3.8, 4) is 0 Å². The van der Waals surface area contributed by atoms with Crippen molar-refractivity contribution in [2.24, 2.45) is 0 Å². The van der Waals surface area contributed by atoms with Crippen molar-refractivity contribution >= 4 is 17.6 Å². The second kappa shape index (κ2) is 6.56. The van der Waals surface area contributed by atoms with E-state index in [4.69, 9.17) is 0 Å². The van der Waals surface area contributed by atoms with Crippen LogP contribution < -0.4 is 16.6 Å². The van der Waals surface area contributed by atoms with Gasteiger partial charge in [0.05, 0.1) is 0 Å². The van der Waals surface area contributed by atoms with Crippen LogP contribution in [0.1, 0.15) is 12.8 Å². The van der Waals surface area contributed by atoms with Crippen LogP contribution in [0.4, 0.5) is 5.69 Å². The van der Waals surface area contributed by atoms with E-state index in [2.05, 4.69) is 5.32 Å². The molecular weight excluding hydrogens is 196 g/mol. The third-order valence-corrected chi connectivity index (χ3v) is 1.61.